The fraction of sp³-hybridized carbons (Fsp3) is 0.438. The van der Waals surface area contributed by atoms with Crippen molar-refractivity contribution in [2.45, 2.75) is 18.6 Å². The average Bonchev–Trinajstić information content (AvgIpc) is 3.12. The predicted octanol–water partition coefficient (Wildman–Crippen LogP) is 0.632. The first kappa shape index (κ1) is 16.7. The number of morpholine rings is 1. The van der Waals surface area contributed by atoms with Crippen LogP contribution >= 0.6 is 0 Å². The number of nitrogens with one attached hydrogen (secondary N) is 3. The SMILES string of the molecule is O/N=C(\N[C@H]1Cc2ccc(F)cc21)c1nonc1NC[C@H]1CNCCO1. The molecule has 1 aliphatic carbocycles. The van der Waals surface area contributed by atoms with Gasteiger partial charge in [-0.1, -0.05) is 11.2 Å². The third-order valence-corrected chi connectivity index (χ3v) is 4.53. The first-order valence-corrected chi connectivity index (χ1v) is 8.40. The van der Waals surface area contributed by atoms with Crippen LogP contribution < -0.4 is 16.0 Å². The van der Waals surface area contributed by atoms with E-state index in [1.807, 2.05) is 0 Å². The molecule has 0 saturated carbocycles. The number of halogens is 1. The minimum absolute atomic E-state index is 0.00254. The highest BCUT2D eigenvalue weighted by atomic mass is 19.1. The summed E-state index contributed by atoms with van der Waals surface area (Å²) in [6, 6.07) is 4.49. The number of amidine groups is 1. The third-order valence-electron chi connectivity index (χ3n) is 4.53. The molecule has 2 atom stereocenters. The lowest BCUT2D eigenvalue weighted by Gasteiger charge is -2.31. The molecule has 26 heavy (non-hydrogen) atoms. The molecule has 0 amide bonds. The zero-order valence-corrected chi connectivity index (χ0v) is 13.9. The zero-order valence-electron chi connectivity index (χ0n) is 13.9. The van der Waals surface area contributed by atoms with Crippen molar-refractivity contribution >= 4 is 11.7 Å². The summed E-state index contributed by atoms with van der Waals surface area (Å²) >= 11 is 0. The minimum atomic E-state index is -0.302. The number of benzene rings is 1. The quantitative estimate of drug-likeness (QED) is 0.265. The number of ether oxygens (including phenoxy) is 1. The van der Waals surface area contributed by atoms with Crippen LogP contribution in [-0.2, 0) is 11.2 Å². The molecule has 138 valence electrons. The normalized spacial score (nSPS) is 22.4. The number of hydrogen-bond acceptors (Lipinski definition) is 8. The Hall–Kier alpha value is -2.72. The van der Waals surface area contributed by atoms with Crippen LogP contribution in [0.5, 0.6) is 0 Å². The predicted molar refractivity (Wildman–Crippen MR) is 89.7 cm³/mol. The molecule has 0 unspecified atom stereocenters. The Morgan fingerprint density at radius 3 is 3.15 bits per heavy atom. The molecule has 1 aromatic carbocycles. The van der Waals surface area contributed by atoms with E-state index in [2.05, 4.69) is 31.4 Å². The van der Waals surface area contributed by atoms with E-state index >= 15 is 0 Å². The molecule has 2 heterocycles. The Morgan fingerprint density at radius 1 is 1.42 bits per heavy atom. The molecule has 2 aromatic rings. The van der Waals surface area contributed by atoms with Gasteiger partial charge in [-0.3, -0.25) is 0 Å². The van der Waals surface area contributed by atoms with Gasteiger partial charge in [-0.05, 0) is 40.0 Å². The van der Waals surface area contributed by atoms with Gasteiger partial charge in [0.25, 0.3) is 0 Å². The topological polar surface area (TPSA) is 117 Å². The van der Waals surface area contributed by atoms with E-state index in [-0.39, 0.29) is 29.5 Å². The first-order valence-electron chi connectivity index (χ1n) is 8.40. The van der Waals surface area contributed by atoms with E-state index in [0.717, 1.165) is 24.2 Å². The van der Waals surface area contributed by atoms with Crippen molar-refractivity contribution in [2.24, 2.45) is 5.16 Å². The van der Waals surface area contributed by atoms with Crippen molar-refractivity contribution in [3.63, 3.8) is 0 Å². The van der Waals surface area contributed by atoms with Gasteiger partial charge < -0.3 is 25.9 Å². The number of rotatable bonds is 5. The fourth-order valence-electron chi connectivity index (χ4n) is 3.13. The maximum Gasteiger partial charge on any atom is 0.202 e. The number of anilines is 1. The van der Waals surface area contributed by atoms with Gasteiger partial charge in [-0.2, -0.15) is 0 Å². The summed E-state index contributed by atoms with van der Waals surface area (Å²) in [7, 11) is 0. The Morgan fingerprint density at radius 2 is 2.35 bits per heavy atom. The van der Waals surface area contributed by atoms with Crippen LogP contribution in [0, 0.1) is 5.82 Å². The average molecular weight is 362 g/mol. The summed E-state index contributed by atoms with van der Waals surface area (Å²) in [4.78, 5) is 0. The van der Waals surface area contributed by atoms with Crippen LogP contribution in [0.15, 0.2) is 28.0 Å². The fourth-order valence-corrected chi connectivity index (χ4v) is 3.13. The summed E-state index contributed by atoms with van der Waals surface area (Å²) in [6.45, 7) is 2.72. The highest BCUT2D eigenvalue weighted by Gasteiger charge is 2.30. The number of fused-ring (bicyclic) bond motifs is 1. The smallest absolute Gasteiger partial charge is 0.202 e. The zero-order chi connectivity index (χ0) is 17.9. The Balaban J connectivity index is 1.42. The van der Waals surface area contributed by atoms with E-state index in [4.69, 9.17) is 9.37 Å². The highest BCUT2D eigenvalue weighted by Crippen LogP contribution is 2.33. The summed E-state index contributed by atoms with van der Waals surface area (Å²) < 4.78 is 23.8. The van der Waals surface area contributed by atoms with E-state index in [1.54, 1.807) is 6.07 Å². The second-order valence-electron chi connectivity index (χ2n) is 6.23. The van der Waals surface area contributed by atoms with Crippen LogP contribution in [0.25, 0.3) is 0 Å². The molecule has 9 nitrogen and oxygen atoms in total. The summed E-state index contributed by atoms with van der Waals surface area (Å²) in [5.41, 5.74) is 2.14. The van der Waals surface area contributed by atoms with Crippen LogP contribution in [0.2, 0.25) is 0 Å². The molecule has 0 bridgehead atoms. The van der Waals surface area contributed by atoms with E-state index < -0.39 is 0 Å². The van der Waals surface area contributed by atoms with Crippen LogP contribution in [0.4, 0.5) is 10.2 Å². The van der Waals surface area contributed by atoms with Gasteiger partial charge >= 0.3 is 0 Å². The van der Waals surface area contributed by atoms with Crippen molar-refractivity contribution < 1.29 is 19.0 Å². The van der Waals surface area contributed by atoms with Crippen LogP contribution in [-0.4, -0.2) is 53.7 Å². The Bertz CT molecular complexity index is 805. The number of oxime groups is 1. The van der Waals surface area contributed by atoms with E-state index in [9.17, 15) is 9.60 Å². The van der Waals surface area contributed by atoms with Crippen molar-refractivity contribution in [1.29, 1.82) is 0 Å². The van der Waals surface area contributed by atoms with Crippen LogP contribution in [0.3, 0.4) is 0 Å². The molecule has 10 heteroatoms. The summed E-state index contributed by atoms with van der Waals surface area (Å²) in [5.74, 6) is 0.152. The Kier molecular flexibility index (Phi) is 4.67. The van der Waals surface area contributed by atoms with E-state index in [1.165, 1.54) is 12.1 Å². The number of nitrogens with zero attached hydrogens (tertiary/aromatic N) is 3. The molecule has 1 fully saturated rings. The summed E-state index contributed by atoms with van der Waals surface area (Å²) in [5, 5.41) is 29.7. The molecule has 1 aromatic heterocycles. The molecule has 1 aliphatic heterocycles. The minimum Gasteiger partial charge on any atom is -0.409 e. The molecule has 0 radical (unpaired) electrons. The van der Waals surface area contributed by atoms with Crippen molar-refractivity contribution in [3.8, 4) is 0 Å². The maximum absolute atomic E-state index is 13.4. The third kappa shape index (κ3) is 3.33. The summed E-state index contributed by atoms with van der Waals surface area (Å²) in [6.07, 6.45) is 0.696. The molecular weight excluding hydrogens is 343 g/mol. The van der Waals surface area contributed by atoms with Gasteiger partial charge in [-0.25, -0.2) is 9.02 Å². The van der Waals surface area contributed by atoms with Crippen molar-refractivity contribution in [1.82, 2.24) is 20.9 Å². The molecule has 0 spiro atoms. The number of aromatic nitrogens is 2. The maximum atomic E-state index is 13.4. The van der Waals surface area contributed by atoms with Gasteiger partial charge in [-0.15, -0.1) is 0 Å². The lowest BCUT2D eigenvalue weighted by atomic mass is 9.83. The molecule has 4 N–H and O–H groups in total. The Labute approximate surface area is 148 Å². The van der Waals surface area contributed by atoms with Gasteiger partial charge in [0.05, 0.1) is 18.8 Å². The highest BCUT2D eigenvalue weighted by molar-refractivity contribution is 6.00. The van der Waals surface area contributed by atoms with E-state index in [0.29, 0.717) is 25.4 Å². The van der Waals surface area contributed by atoms with Crippen molar-refractivity contribution in [3.05, 3.63) is 40.8 Å². The van der Waals surface area contributed by atoms with Gasteiger partial charge in [0.2, 0.25) is 5.82 Å². The van der Waals surface area contributed by atoms with Gasteiger partial charge in [0, 0.05) is 19.6 Å². The standard InChI is InChI=1S/C16H19FN6O3/c17-10-2-1-9-5-13(12(9)6-10)20-16(21-24)14-15(23-26-22-14)19-8-11-7-18-3-4-25-11/h1-2,6,11,13,18,24H,3-5,7-8H2,(H,19,23)(H,20,21)/t11-,13+/m1/s1. The molecular formula is C16H19FN6O3. The monoisotopic (exact) mass is 362 g/mol. The lowest BCUT2D eigenvalue weighted by molar-refractivity contribution is 0.0371. The molecule has 1 saturated heterocycles. The second-order valence-corrected chi connectivity index (χ2v) is 6.23. The first-order chi connectivity index (χ1) is 12.7. The molecule has 4 rings (SSSR count). The molecule has 2 aliphatic rings. The van der Waals surface area contributed by atoms with Crippen LogP contribution in [0.1, 0.15) is 22.9 Å². The largest absolute Gasteiger partial charge is 0.409 e. The number of hydrogen-bond donors (Lipinski definition) is 4. The lowest BCUT2D eigenvalue weighted by Crippen LogP contribution is -2.42. The van der Waals surface area contributed by atoms with Gasteiger partial charge in [0.1, 0.15) is 5.82 Å². The second kappa shape index (κ2) is 7.26. The van der Waals surface area contributed by atoms with Crippen molar-refractivity contribution in [2.75, 3.05) is 31.6 Å². The van der Waals surface area contributed by atoms with Gasteiger partial charge in [0.15, 0.2) is 11.5 Å².